The van der Waals surface area contributed by atoms with Crippen LogP contribution in [0.4, 0.5) is 11.4 Å². The zero-order valence-electron chi connectivity index (χ0n) is 28.8. The minimum absolute atomic E-state index is 0.220. The molecule has 8 nitrogen and oxygen atoms in total. The molecule has 0 aromatic heterocycles. The van der Waals surface area contributed by atoms with Crippen LogP contribution in [0, 0.1) is 0 Å². The molecule has 4 aromatic rings. The summed E-state index contributed by atoms with van der Waals surface area (Å²) in [5.41, 5.74) is 4.11. The predicted molar refractivity (Wildman–Crippen MR) is 192 cm³/mol. The molecule has 2 amide bonds. The van der Waals surface area contributed by atoms with Crippen molar-refractivity contribution in [1.82, 2.24) is 0 Å². The van der Waals surface area contributed by atoms with E-state index in [-0.39, 0.29) is 11.8 Å². The van der Waals surface area contributed by atoms with E-state index >= 15 is 0 Å². The molecule has 2 aliphatic heterocycles. The van der Waals surface area contributed by atoms with Gasteiger partial charge in [0.15, 0.2) is 0 Å². The molecule has 2 N–H and O–H groups in total. The van der Waals surface area contributed by atoms with Crippen LogP contribution in [0.1, 0.15) is 76.1 Å². The highest BCUT2D eigenvalue weighted by Gasteiger charge is 2.52. The highest BCUT2D eigenvalue weighted by Crippen LogP contribution is 2.37. The van der Waals surface area contributed by atoms with Crippen molar-refractivity contribution in [3.05, 3.63) is 108 Å². The van der Waals surface area contributed by atoms with E-state index in [1.165, 1.54) is 0 Å². The normalized spacial score (nSPS) is 18.8. The lowest BCUT2D eigenvalue weighted by atomic mass is 9.79. The molecule has 0 spiro atoms. The number of hydrogen-bond acceptors (Lipinski definition) is 6. The number of anilines is 2. The molecule has 0 aliphatic carbocycles. The topological polar surface area (TPSA) is 95.1 Å². The Morgan fingerprint density at radius 2 is 0.792 bits per heavy atom. The van der Waals surface area contributed by atoms with Crippen LogP contribution >= 0.6 is 0 Å². The Balaban J connectivity index is 1.07. The van der Waals surface area contributed by atoms with Crippen LogP contribution in [0.3, 0.4) is 0 Å². The summed E-state index contributed by atoms with van der Waals surface area (Å²) in [6, 6.07) is 29.8. The largest absolute Gasteiger partial charge is 0.494 e. The third-order valence-corrected chi connectivity index (χ3v) is 9.97. The first-order valence-electron chi connectivity index (χ1n) is 16.3. The van der Waals surface area contributed by atoms with Crippen molar-refractivity contribution in [1.29, 1.82) is 0 Å². The van der Waals surface area contributed by atoms with Gasteiger partial charge in [-0.05, 0) is 126 Å². The fourth-order valence-corrected chi connectivity index (χ4v) is 5.52. The highest BCUT2D eigenvalue weighted by atomic mass is 16.7. The molecule has 2 heterocycles. The second kappa shape index (κ2) is 12.3. The summed E-state index contributed by atoms with van der Waals surface area (Å²) in [5.74, 6) is -0.440. The first-order valence-corrected chi connectivity index (χ1v) is 16.3. The first-order chi connectivity index (χ1) is 22.5. The van der Waals surface area contributed by atoms with Gasteiger partial charge in [-0.15, -0.1) is 0 Å². The van der Waals surface area contributed by atoms with E-state index in [0.29, 0.717) is 22.5 Å². The van der Waals surface area contributed by atoms with Crippen LogP contribution in [0.15, 0.2) is 97.1 Å². The van der Waals surface area contributed by atoms with Crippen molar-refractivity contribution in [2.45, 2.75) is 77.8 Å². The Hall–Kier alpha value is -4.21. The lowest BCUT2D eigenvalue weighted by Gasteiger charge is -2.32. The number of carbonyl (C=O) groups is 2. The van der Waals surface area contributed by atoms with Crippen LogP contribution in [0.2, 0.25) is 0 Å². The van der Waals surface area contributed by atoms with Gasteiger partial charge in [0.25, 0.3) is 11.8 Å². The highest BCUT2D eigenvalue weighted by molar-refractivity contribution is 6.62. The van der Waals surface area contributed by atoms with Crippen molar-refractivity contribution in [3.8, 4) is 11.1 Å². The Labute approximate surface area is 283 Å². The van der Waals surface area contributed by atoms with Crippen LogP contribution in [-0.4, -0.2) is 48.5 Å². The fourth-order valence-electron chi connectivity index (χ4n) is 5.52. The maximum Gasteiger partial charge on any atom is 0.494 e. The van der Waals surface area contributed by atoms with Crippen LogP contribution in [0.5, 0.6) is 0 Å². The number of amides is 2. The summed E-state index contributed by atoms with van der Waals surface area (Å²) in [6.45, 7) is 16.1. The molecule has 246 valence electrons. The Morgan fingerprint density at radius 1 is 0.479 bits per heavy atom. The van der Waals surface area contributed by atoms with Crippen molar-refractivity contribution in [2.24, 2.45) is 0 Å². The molecule has 4 aromatic carbocycles. The van der Waals surface area contributed by atoms with Crippen LogP contribution in [-0.2, 0) is 18.6 Å². The zero-order chi connectivity index (χ0) is 34.5. The number of nitrogens with one attached hydrogen (secondary N) is 2. The second-order valence-corrected chi connectivity index (χ2v) is 14.5. The summed E-state index contributed by atoms with van der Waals surface area (Å²) in [7, 11) is -1.02. The molecule has 2 aliphatic rings. The van der Waals surface area contributed by atoms with Gasteiger partial charge in [-0.3, -0.25) is 9.59 Å². The van der Waals surface area contributed by atoms with Crippen LogP contribution < -0.4 is 21.6 Å². The quantitative estimate of drug-likeness (QED) is 0.225. The average molecular weight is 644 g/mol. The summed E-state index contributed by atoms with van der Waals surface area (Å²) in [4.78, 5) is 26.2. The zero-order valence-corrected chi connectivity index (χ0v) is 28.8. The molecule has 0 bridgehead atoms. The molecule has 2 saturated heterocycles. The molecule has 0 saturated carbocycles. The Bertz CT molecular complexity index is 1670. The maximum atomic E-state index is 13.1. The third-order valence-electron chi connectivity index (χ3n) is 9.97. The molecule has 2 fully saturated rings. The minimum atomic E-state index is -0.512. The summed E-state index contributed by atoms with van der Waals surface area (Å²) < 4.78 is 24.7. The SMILES string of the molecule is CC1(C)OB(c2cccc(NC(=O)c3ccc(-c4ccc(C(=O)Nc5cccc(B6OC(C)(C)C(C)(C)O6)c5)cc4)cc3)c2)OC1(C)C. The van der Waals surface area contributed by atoms with E-state index in [4.69, 9.17) is 18.6 Å². The molecule has 0 atom stereocenters. The Kier molecular flexibility index (Phi) is 8.67. The van der Waals surface area contributed by atoms with E-state index in [1.807, 2.05) is 128 Å². The fraction of sp³-hybridized carbons (Fsp3) is 0.316. The van der Waals surface area contributed by atoms with E-state index in [2.05, 4.69) is 10.6 Å². The third kappa shape index (κ3) is 6.71. The predicted octanol–water partition coefficient (Wildman–Crippen LogP) is 6.46. The summed E-state index contributed by atoms with van der Waals surface area (Å²) in [5, 5.41) is 5.96. The van der Waals surface area contributed by atoms with Gasteiger partial charge in [-0.25, -0.2) is 0 Å². The average Bonchev–Trinajstić information content (AvgIpc) is 3.40. The molecule has 10 heteroatoms. The molecule has 0 unspecified atom stereocenters. The standard InChI is InChI=1S/C38H42B2N2O6/c1-35(2)36(3,4)46-39(45-35)29-11-9-13-31(23-29)41-33(43)27-19-15-25(16-20-27)26-17-21-28(22-18-26)34(44)42-32-14-10-12-30(24-32)40-47-37(5,6)38(7,8)48-40/h9-24H,1-8H3,(H,41,43)(H,42,44). The molecular formula is C38H42B2N2O6. The second-order valence-electron chi connectivity index (χ2n) is 14.5. The smallest absolute Gasteiger partial charge is 0.399 e. The van der Waals surface area contributed by atoms with Crippen molar-refractivity contribution < 1.29 is 28.2 Å². The van der Waals surface area contributed by atoms with E-state index in [1.54, 1.807) is 24.3 Å². The lowest BCUT2D eigenvalue weighted by Crippen LogP contribution is -2.41. The molecule has 0 radical (unpaired) electrons. The number of rotatable bonds is 7. The first kappa shape index (κ1) is 33.7. The van der Waals surface area contributed by atoms with E-state index in [9.17, 15) is 9.59 Å². The van der Waals surface area contributed by atoms with Gasteiger partial charge < -0.3 is 29.3 Å². The van der Waals surface area contributed by atoms with Gasteiger partial charge in [0.2, 0.25) is 0 Å². The monoisotopic (exact) mass is 644 g/mol. The van der Waals surface area contributed by atoms with Gasteiger partial charge in [0.05, 0.1) is 22.4 Å². The van der Waals surface area contributed by atoms with Gasteiger partial charge in [0, 0.05) is 22.5 Å². The van der Waals surface area contributed by atoms with Crippen LogP contribution in [0.25, 0.3) is 11.1 Å². The van der Waals surface area contributed by atoms with Gasteiger partial charge in [-0.1, -0.05) is 48.5 Å². The maximum absolute atomic E-state index is 13.1. The lowest BCUT2D eigenvalue weighted by molar-refractivity contribution is 0.00578. The van der Waals surface area contributed by atoms with E-state index in [0.717, 1.165) is 22.1 Å². The van der Waals surface area contributed by atoms with E-state index < -0.39 is 36.6 Å². The van der Waals surface area contributed by atoms with Crippen molar-refractivity contribution in [3.63, 3.8) is 0 Å². The minimum Gasteiger partial charge on any atom is -0.399 e. The van der Waals surface area contributed by atoms with Gasteiger partial charge in [-0.2, -0.15) is 0 Å². The molecule has 48 heavy (non-hydrogen) atoms. The molecule has 6 rings (SSSR count). The van der Waals surface area contributed by atoms with Crippen molar-refractivity contribution >= 4 is 48.4 Å². The molecular weight excluding hydrogens is 602 g/mol. The Morgan fingerprint density at radius 3 is 1.10 bits per heavy atom. The number of hydrogen-bond donors (Lipinski definition) is 2. The van der Waals surface area contributed by atoms with Gasteiger partial charge in [0.1, 0.15) is 0 Å². The van der Waals surface area contributed by atoms with Gasteiger partial charge >= 0.3 is 14.2 Å². The summed E-state index contributed by atoms with van der Waals surface area (Å²) in [6.07, 6.45) is 0. The number of carbonyl (C=O) groups excluding carboxylic acids is 2. The van der Waals surface area contributed by atoms with Crippen molar-refractivity contribution in [2.75, 3.05) is 10.6 Å². The summed E-state index contributed by atoms with van der Waals surface area (Å²) >= 11 is 0. The number of benzene rings is 4.